The Hall–Kier alpha value is -0.860. The molecule has 1 aliphatic heterocycles. The van der Waals surface area contributed by atoms with Crippen molar-refractivity contribution in [2.75, 3.05) is 13.1 Å². The largest absolute Gasteiger partial charge is 0.311 e. The smallest absolute Gasteiger partial charge is 0.0354 e. The molecule has 0 aliphatic carbocycles. The van der Waals surface area contributed by atoms with Crippen LogP contribution < -0.4 is 5.32 Å². The summed E-state index contributed by atoms with van der Waals surface area (Å²) in [5.74, 6) is 0.725. The van der Waals surface area contributed by atoms with E-state index in [2.05, 4.69) is 68.2 Å². The van der Waals surface area contributed by atoms with Gasteiger partial charge in [0, 0.05) is 31.2 Å². The SMILES string of the molecule is CCC1CN(C(CC(C)C)c2ccccc2)C(CC)CN1. The molecule has 1 saturated heterocycles. The predicted octanol–water partition coefficient (Wildman–Crippen LogP) is 4.24. The fourth-order valence-electron chi connectivity index (χ4n) is 3.51. The van der Waals surface area contributed by atoms with E-state index in [1.807, 2.05) is 0 Å². The molecule has 3 unspecified atom stereocenters. The first kappa shape index (κ1) is 16.5. The fraction of sp³-hybridized carbons (Fsp3) is 0.684. The summed E-state index contributed by atoms with van der Waals surface area (Å²) in [5, 5.41) is 3.72. The van der Waals surface area contributed by atoms with E-state index in [0.29, 0.717) is 18.1 Å². The topological polar surface area (TPSA) is 15.3 Å². The molecule has 2 nitrogen and oxygen atoms in total. The van der Waals surface area contributed by atoms with Gasteiger partial charge in [0.1, 0.15) is 0 Å². The highest BCUT2D eigenvalue weighted by molar-refractivity contribution is 5.20. The summed E-state index contributed by atoms with van der Waals surface area (Å²) in [6.45, 7) is 11.6. The van der Waals surface area contributed by atoms with Gasteiger partial charge in [-0.2, -0.15) is 0 Å². The Kier molecular flexibility index (Phi) is 6.25. The van der Waals surface area contributed by atoms with Gasteiger partial charge in [-0.05, 0) is 30.7 Å². The molecule has 0 saturated carbocycles. The number of nitrogens with zero attached hydrogens (tertiary/aromatic N) is 1. The third-order valence-corrected chi connectivity index (χ3v) is 4.79. The highest BCUT2D eigenvalue weighted by Gasteiger charge is 2.32. The van der Waals surface area contributed by atoms with Gasteiger partial charge in [0.25, 0.3) is 0 Å². The van der Waals surface area contributed by atoms with Gasteiger partial charge < -0.3 is 5.32 Å². The summed E-state index contributed by atoms with van der Waals surface area (Å²) in [7, 11) is 0. The first-order valence-corrected chi connectivity index (χ1v) is 8.69. The monoisotopic (exact) mass is 288 g/mol. The summed E-state index contributed by atoms with van der Waals surface area (Å²) in [4.78, 5) is 2.78. The van der Waals surface area contributed by atoms with E-state index in [0.717, 1.165) is 12.5 Å². The van der Waals surface area contributed by atoms with Crippen molar-refractivity contribution in [1.29, 1.82) is 0 Å². The molecule has 118 valence electrons. The van der Waals surface area contributed by atoms with Gasteiger partial charge in [-0.25, -0.2) is 0 Å². The van der Waals surface area contributed by atoms with E-state index in [-0.39, 0.29) is 0 Å². The third kappa shape index (κ3) is 4.31. The molecule has 1 aromatic carbocycles. The molecule has 0 bridgehead atoms. The van der Waals surface area contributed by atoms with E-state index in [4.69, 9.17) is 0 Å². The van der Waals surface area contributed by atoms with Crippen molar-refractivity contribution in [3.05, 3.63) is 35.9 Å². The molecule has 0 aromatic heterocycles. The third-order valence-electron chi connectivity index (χ3n) is 4.79. The lowest BCUT2D eigenvalue weighted by Crippen LogP contribution is -2.57. The predicted molar refractivity (Wildman–Crippen MR) is 91.5 cm³/mol. The highest BCUT2D eigenvalue weighted by Crippen LogP contribution is 2.31. The van der Waals surface area contributed by atoms with Gasteiger partial charge in [0.15, 0.2) is 0 Å². The zero-order valence-corrected chi connectivity index (χ0v) is 14.2. The van der Waals surface area contributed by atoms with Crippen LogP contribution in [-0.2, 0) is 0 Å². The van der Waals surface area contributed by atoms with E-state index in [1.165, 1.54) is 31.4 Å². The Labute approximate surface area is 130 Å². The number of hydrogen-bond acceptors (Lipinski definition) is 2. The molecule has 0 radical (unpaired) electrons. The second-order valence-corrected chi connectivity index (χ2v) is 6.83. The minimum atomic E-state index is 0.562. The first-order valence-electron chi connectivity index (χ1n) is 8.69. The standard InChI is InChI=1S/C19H32N2/c1-5-17-14-21(18(6-2)13-20-17)19(12-15(3)4)16-10-8-7-9-11-16/h7-11,15,17-20H,5-6,12-14H2,1-4H3. The second-order valence-electron chi connectivity index (χ2n) is 6.83. The molecule has 21 heavy (non-hydrogen) atoms. The van der Waals surface area contributed by atoms with Crippen LogP contribution in [0.15, 0.2) is 30.3 Å². The summed E-state index contributed by atoms with van der Waals surface area (Å²) < 4.78 is 0. The van der Waals surface area contributed by atoms with Crippen molar-refractivity contribution >= 4 is 0 Å². The Morgan fingerprint density at radius 2 is 1.86 bits per heavy atom. The Morgan fingerprint density at radius 1 is 1.14 bits per heavy atom. The molecule has 1 aliphatic rings. The molecule has 2 rings (SSSR count). The van der Waals surface area contributed by atoms with Crippen molar-refractivity contribution in [1.82, 2.24) is 10.2 Å². The van der Waals surface area contributed by atoms with E-state index >= 15 is 0 Å². The Balaban J connectivity index is 2.24. The highest BCUT2D eigenvalue weighted by atomic mass is 15.3. The molecule has 1 fully saturated rings. The minimum Gasteiger partial charge on any atom is -0.311 e. The number of nitrogens with one attached hydrogen (secondary N) is 1. The quantitative estimate of drug-likeness (QED) is 0.842. The van der Waals surface area contributed by atoms with E-state index < -0.39 is 0 Å². The molecule has 2 heteroatoms. The van der Waals surface area contributed by atoms with Crippen LogP contribution in [0.4, 0.5) is 0 Å². The fourth-order valence-corrected chi connectivity index (χ4v) is 3.51. The Bertz CT molecular complexity index is 401. The number of benzene rings is 1. The van der Waals surface area contributed by atoms with Crippen molar-refractivity contribution in [3.8, 4) is 0 Å². The zero-order chi connectivity index (χ0) is 15.2. The van der Waals surface area contributed by atoms with Crippen LogP contribution >= 0.6 is 0 Å². The van der Waals surface area contributed by atoms with E-state index in [9.17, 15) is 0 Å². The molecule has 0 spiro atoms. The molecule has 0 amide bonds. The van der Waals surface area contributed by atoms with Gasteiger partial charge in [0.05, 0.1) is 0 Å². The second kappa shape index (κ2) is 7.95. The van der Waals surface area contributed by atoms with Crippen LogP contribution in [0.1, 0.15) is 58.6 Å². The lowest BCUT2D eigenvalue weighted by Gasteiger charge is -2.45. The van der Waals surface area contributed by atoms with Crippen molar-refractivity contribution in [2.24, 2.45) is 5.92 Å². The average molecular weight is 288 g/mol. The maximum Gasteiger partial charge on any atom is 0.0354 e. The summed E-state index contributed by atoms with van der Waals surface area (Å²) >= 11 is 0. The van der Waals surface area contributed by atoms with Gasteiger partial charge in [-0.3, -0.25) is 4.90 Å². The van der Waals surface area contributed by atoms with Gasteiger partial charge >= 0.3 is 0 Å². The molecule has 1 aromatic rings. The number of rotatable bonds is 6. The van der Waals surface area contributed by atoms with Crippen molar-refractivity contribution < 1.29 is 0 Å². The lowest BCUT2D eigenvalue weighted by atomic mass is 9.92. The summed E-state index contributed by atoms with van der Waals surface area (Å²) in [5.41, 5.74) is 1.49. The summed E-state index contributed by atoms with van der Waals surface area (Å²) in [6, 6.07) is 13.0. The van der Waals surface area contributed by atoms with Gasteiger partial charge in [0.2, 0.25) is 0 Å². The maximum absolute atomic E-state index is 3.72. The summed E-state index contributed by atoms with van der Waals surface area (Å²) in [6.07, 6.45) is 3.69. The van der Waals surface area contributed by atoms with Crippen LogP contribution in [0.2, 0.25) is 0 Å². The van der Waals surface area contributed by atoms with Gasteiger partial charge in [-0.15, -0.1) is 0 Å². The lowest BCUT2D eigenvalue weighted by molar-refractivity contribution is 0.0664. The maximum atomic E-state index is 3.72. The van der Waals surface area contributed by atoms with Crippen molar-refractivity contribution in [3.63, 3.8) is 0 Å². The minimum absolute atomic E-state index is 0.562. The molecule has 1 N–H and O–H groups in total. The van der Waals surface area contributed by atoms with Gasteiger partial charge in [-0.1, -0.05) is 58.0 Å². The molecule has 1 heterocycles. The van der Waals surface area contributed by atoms with Crippen LogP contribution in [0, 0.1) is 5.92 Å². The molecular formula is C19H32N2. The van der Waals surface area contributed by atoms with Crippen LogP contribution in [0.25, 0.3) is 0 Å². The Morgan fingerprint density at radius 3 is 2.43 bits per heavy atom. The average Bonchev–Trinajstić information content (AvgIpc) is 2.52. The number of piperazine rings is 1. The molecule has 3 atom stereocenters. The van der Waals surface area contributed by atoms with Crippen LogP contribution in [0.3, 0.4) is 0 Å². The van der Waals surface area contributed by atoms with E-state index in [1.54, 1.807) is 0 Å². The molecular weight excluding hydrogens is 256 g/mol. The van der Waals surface area contributed by atoms with Crippen LogP contribution in [-0.4, -0.2) is 30.1 Å². The van der Waals surface area contributed by atoms with Crippen molar-refractivity contribution in [2.45, 2.75) is 65.1 Å². The number of hydrogen-bond donors (Lipinski definition) is 1. The van der Waals surface area contributed by atoms with Crippen LogP contribution in [0.5, 0.6) is 0 Å². The zero-order valence-electron chi connectivity index (χ0n) is 14.2. The normalized spacial score (nSPS) is 25.2. The first-order chi connectivity index (χ1) is 10.2.